The summed E-state index contributed by atoms with van der Waals surface area (Å²) in [6, 6.07) is -0.00539. The number of halogens is 3. The smallest absolute Gasteiger partial charge is 0.367 e. The van der Waals surface area contributed by atoms with E-state index in [2.05, 4.69) is 10.4 Å². The first-order valence-corrected chi connectivity index (χ1v) is 9.95. The molecule has 2 fully saturated rings. The molecule has 2 atom stereocenters. The number of hydrogen-bond donors (Lipinski definition) is 1. The van der Waals surface area contributed by atoms with Crippen LogP contribution >= 0.6 is 0 Å². The van der Waals surface area contributed by atoms with Gasteiger partial charge in [0.1, 0.15) is 5.82 Å². The highest BCUT2D eigenvalue weighted by molar-refractivity contribution is 5.81. The molecule has 0 bridgehead atoms. The maximum atomic E-state index is 13.6. The predicted molar refractivity (Wildman–Crippen MR) is 95.5 cm³/mol. The minimum Gasteiger partial charge on any atom is -0.367 e. The molecule has 27 heavy (non-hydrogen) atoms. The summed E-state index contributed by atoms with van der Waals surface area (Å²) in [5, 5.41) is 7.61. The van der Waals surface area contributed by atoms with Gasteiger partial charge in [-0.15, -0.1) is 0 Å². The summed E-state index contributed by atoms with van der Waals surface area (Å²) in [4.78, 5) is 14.1. The van der Waals surface area contributed by atoms with Crippen LogP contribution in [0.25, 0.3) is 0 Å². The number of anilines is 1. The highest BCUT2D eigenvalue weighted by Gasteiger charge is 2.47. The van der Waals surface area contributed by atoms with Gasteiger partial charge in [-0.3, -0.25) is 4.79 Å². The molecular weight excluding hydrogens is 357 g/mol. The quantitative estimate of drug-likeness (QED) is 0.859. The summed E-state index contributed by atoms with van der Waals surface area (Å²) >= 11 is 0. The number of alkyl halides is 3. The normalized spacial score (nSPS) is 26.8. The largest absolute Gasteiger partial charge is 0.410 e. The van der Waals surface area contributed by atoms with Crippen LogP contribution in [0.4, 0.5) is 19.0 Å². The lowest BCUT2D eigenvalue weighted by atomic mass is 9.93. The average molecular weight is 384 g/mol. The maximum absolute atomic E-state index is 13.6. The third-order valence-electron chi connectivity index (χ3n) is 6.19. The van der Waals surface area contributed by atoms with E-state index in [1.165, 1.54) is 0 Å². The first kappa shape index (κ1) is 18.6. The molecule has 0 spiro atoms. The summed E-state index contributed by atoms with van der Waals surface area (Å²) in [6.07, 6.45) is -0.794. The molecule has 3 aliphatic rings. The number of piperidine rings is 1. The molecule has 3 heterocycles. The standard InChI is InChI=1S/C19H27F3N4O/c1-11(2)14-9-16(19(20,21)22)26-17(23-14)10-15(24-26)12-5-7-25(8-6-12)18(27)13-3-4-13/h10-14,16,23H,3-9H2,1-2H3/t14-,16+/m0/s1. The van der Waals surface area contributed by atoms with E-state index in [1.54, 1.807) is 6.07 Å². The number of amides is 1. The molecule has 1 N–H and O–H groups in total. The molecule has 0 aromatic carbocycles. The van der Waals surface area contributed by atoms with E-state index in [9.17, 15) is 18.0 Å². The molecule has 1 aliphatic carbocycles. The predicted octanol–water partition coefficient (Wildman–Crippen LogP) is 3.94. The van der Waals surface area contributed by atoms with E-state index in [1.807, 2.05) is 18.7 Å². The molecule has 1 aromatic rings. The molecule has 1 saturated carbocycles. The highest BCUT2D eigenvalue weighted by Crippen LogP contribution is 2.42. The van der Waals surface area contributed by atoms with Gasteiger partial charge in [0.2, 0.25) is 5.91 Å². The van der Waals surface area contributed by atoms with Crippen molar-refractivity contribution in [2.24, 2.45) is 11.8 Å². The van der Waals surface area contributed by atoms with Crippen LogP contribution in [0.3, 0.4) is 0 Å². The van der Waals surface area contributed by atoms with Crippen molar-refractivity contribution in [2.45, 2.75) is 70.1 Å². The van der Waals surface area contributed by atoms with Crippen molar-refractivity contribution >= 4 is 11.7 Å². The molecule has 8 heteroatoms. The van der Waals surface area contributed by atoms with Crippen molar-refractivity contribution in [3.63, 3.8) is 0 Å². The number of hydrogen-bond acceptors (Lipinski definition) is 3. The summed E-state index contributed by atoms with van der Waals surface area (Å²) in [6.45, 7) is 5.22. The van der Waals surface area contributed by atoms with Gasteiger partial charge < -0.3 is 10.2 Å². The molecule has 1 saturated heterocycles. The van der Waals surface area contributed by atoms with E-state index in [0.717, 1.165) is 36.1 Å². The van der Waals surface area contributed by atoms with Gasteiger partial charge in [0.15, 0.2) is 6.04 Å². The minimum atomic E-state index is -4.31. The first-order chi connectivity index (χ1) is 12.7. The molecule has 4 rings (SSSR count). The van der Waals surface area contributed by atoms with Crippen LogP contribution in [0.2, 0.25) is 0 Å². The van der Waals surface area contributed by atoms with Gasteiger partial charge in [0.05, 0.1) is 5.69 Å². The van der Waals surface area contributed by atoms with Crippen molar-refractivity contribution in [3.8, 4) is 0 Å². The zero-order valence-corrected chi connectivity index (χ0v) is 15.8. The van der Waals surface area contributed by atoms with Crippen molar-refractivity contribution in [1.29, 1.82) is 0 Å². The Morgan fingerprint density at radius 3 is 2.44 bits per heavy atom. The zero-order chi connectivity index (χ0) is 19.3. The lowest BCUT2D eigenvalue weighted by Crippen LogP contribution is -2.41. The number of nitrogens with zero attached hydrogens (tertiary/aromatic N) is 3. The van der Waals surface area contributed by atoms with Crippen LogP contribution in [0, 0.1) is 11.8 Å². The first-order valence-electron chi connectivity index (χ1n) is 9.95. The molecule has 0 unspecified atom stereocenters. The number of nitrogens with one attached hydrogen (secondary N) is 1. The second-order valence-corrected chi connectivity index (χ2v) is 8.56. The fraction of sp³-hybridized carbons (Fsp3) is 0.789. The summed E-state index contributed by atoms with van der Waals surface area (Å²) in [5.41, 5.74) is 0.717. The van der Waals surface area contributed by atoms with E-state index in [-0.39, 0.29) is 36.1 Å². The Balaban J connectivity index is 1.50. The number of fused-ring (bicyclic) bond motifs is 1. The SMILES string of the molecule is CC(C)[C@@H]1C[C@H](C(F)(F)F)n2nc(C3CCN(C(=O)C4CC4)CC3)cc2N1. The van der Waals surface area contributed by atoms with Gasteiger partial charge >= 0.3 is 6.18 Å². The van der Waals surface area contributed by atoms with E-state index < -0.39 is 12.2 Å². The van der Waals surface area contributed by atoms with Crippen molar-refractivity contribution in [1.82, 2.24) is 14.7 Å². The van der Waals surface area contributed by atoms with Gasteiger partial charge in [0.25, 0.3) is 0 Å². The summed E-state index contributed by atoms with van der Waals surface area (Å²) in [5.74, 6) is 1.15. The van der Waals surface area contributed by atoms with Crippen molar-refractivity contribution < 1.29 is 18.0 Å². The Morgan fingerprint density at radius 1 is 1.22 bits per heavy atom. The highest BCUT2D eigenvalue weighted by atomic mass is 19.4. The molecular formula is C19H27F3N4O. The van der Waals surface area contributed by atoms with Gasteiger partial charge in [-0.1, -0.05) is 13.8 Å². The van der Waals surface area contributed by atoms with Gasteiger partial charge in [0, 0.05) is 37.0 Å². The molecule has 1 amide bonds. The molecule has 2 aliphatic heterocycles. The Bertz CT molecular complexity index is 702. The third-order valence-corrected chi connectivity index (χ3v) is 6.19. The Hall–Kier alpha value is -1.73. The number of rotatable bonds is 3. The van der Waals surface area contributed by atoms with Crippen LogP contribution in [0.5, 0.6) is 0 Å². The van der Waals surface area contributed by atoms with Crippen LogP contribution in [0.15, 0.2) is 6.07 Å². The second kappa shape index (κ2) is 6.71. The van der Waals surface area contributed by atoms with Gasteiger partial charge in [-0.05, 0) is 38.0 Å². The van der Waals surface area contributed by atoms with Crippen LogP contribution in [-0.4, -0.2) is 45.9 Å². The van der Waals surface area contributed by atoms with E-state index >= 15 is 0 Å². The number of likely N-dealkylation sites (tertiary alicyclic amines) is 1. The molecule has 5 nitrogen and oxygen atoms in total. The van der Waals surface area contributed by atoms with Crippen molar-refractivity contribution in [3.05, 3.63) is 11.8 Å². The zero-order valence-electron chi connectivity index (χ0n) is 15.8. The fourth-order valence-electron chi connectivity index (χ4n) is 4.24. The summed E-state index contributed by atoms with van der Waals surface area (Å²) < 4.78 is 41.9. The Kier molecular flexibility index (Phi) is 4.63. The third kappa shape index (κ3) is 3.67. The maximum Gasteiger partial charge on any atom is 0.410 e. The number of carbonyl (C=O) groups is 1. The Morgan fingerprint density at radius 2 is 1.89 bits per heavy atom. The van der Waals surface area contributed by atoms with E-state index in [4.69, 9.17) is 0 Å². The van der Waals surface area contributed by atoms with Crippen LogP contribution < -0.4 is 5.32 Å². The lowest BCUT2D eigenvalue weighted by molar-refractivity contribution is -0.174. The lowest BCUT2D eigenvalue weighted by Gasteiger charge is -2.35. The van der Waals surface area contributed by atoms with Crippen molar-refractivity contribution in [2.75, 3.05) is 18.4 Å². The fourth-order valence-corrected chi connectivity index (χ4v) is 4.24. The monoisotopic (exact) mass is 384 g/mol. The molecule has 1 aromatic heterocycles. The topological polar surface area (TPSA) is 50.2 Å². The van der Waals surface area contributed by atoms with Crippen LogP contribution in [-0.2, 0) is 4.79 Å². The summed E-state index contributed by atoms with van der Waals surface area (Å²) in [7, 11) is 0. The Labute approximate surface area is 157 Å². The second-order valence-electron chi connectivity index (χ2n) is 8.56. The van der Waals surface area contributed by atoms with E-state index in [0.29, 0.717) is 18.9 Å². The molecule has 150 valence electrons. The number of aromatic nitrogens is 2. The van der Waals surface area contributed by atoms with Crippen LogP contribution in [0.1, 0.15) is 63.6 Å². The van der Waals surface area contributed by atoms with Gasteiger partial charge in [-0.2, -0.15) is 18.3 Å². The van der Waals surface area contributed by atoms with Gasteiger partial charge in [-0.25, -0.2) is 4.68 Å². The minimum absolute atomic E-state index is 0.00359. The number of carbonyl (C=O) groups excluding carboxylic acids is 1. The molecule has 0 radical (unpaired) electrons. The average Bonchev–Trinajstić information content (AvgIpc) is 3.38.